The van der Waals surface area contributed by atoms with E-state index in [0.29, 0.717) is 11.3 Å². The van der Waals surface area contributed by atoms with Gasteiger partial charge in [-0.05, 0) is 41.8 Å². The van der Waals surface area contributed by atoms with Gasteiger partial charge >= 0.3 is 0 Å². The summed E-state index contributed by atoms with van der Waals surface area (Å²) in [6.45, 7) is 0. The summed E-state index contributed by atoms with van der Waals surface area (Å²) in [6.07, 6.45) is 0. The largest absolute Gasteiger partial charge is 0.321 e. The number of anilines is 2. The second-order valence-electron chi connectivity index (χ2n) is 5.09. The van der Waals surface area contributed by atoms with Crippen LogP contribution in [0.4, 0.5) is 15.8 Å². The molecule has 0 aliphatic heterocycles. The van der Waals surface area contributed by atoms with Crippen molar-refractivity contribution in [1.82, 2.24) is 0 Å². The van der Waals surface area contributed by atoms with Crippen molar-refractivity contribution in [1.29, 1.82) is 0 Å². The number of rotatable bonds is 4. The number of halogens is 2. The standard InChI is InChI=1S/C18H12ClFN2O2S/c19-12-5-6-16(14(20)9-12)22-18(24)13-3-1-2-4-15(13)21-17(23)11-7-8-25-10-11/h1-10H,(H,21,23)(H,22,24). The topological polar surface area (TPSA) is 58.2 Å². The van der Waals surface area contributed by atoms with E-state index in [-0.39, 0.29) is 22.2 Å². The molecule has 3 aromatic rings. The number of thiophene rings is 1. The summed E-state index contributed by atoms with van der Waals surface area (Å²) in [5.41, 5.74) is 1.07. The van der Waals surface area contributed by atoms with Crippen molar-refractivity contribution in [3.05, 3.63) is 81.3 Å². The molecule has 2 N–H and O–H groups in total. The van der Waals surface area contributed by atoms with Crippen molar-refractivity contribution in [2.24, 2.45) is 0 Å². The summed E-state index contributed by atoms with van der Waals surface area (Å²) < 4.78 is 13.9. The van der Waals surface area contributed by atoms with Gasteiger partial charge in [-0.1, -0.05) is 23.7 Å². The van der Waals surface area contributed by atoms with Gasteiger partial charge in [-0.25, -0.2) is 4.39 Å². The first-order chi connectivity index (χ1) is 12.0. The molecule has 2 amide bonds. The molecule has 0 atom stereocenters. The van der Waals surface area contributed by atoms with Crippen molar-refractivity contribution in [2.75, 3.05) is 10.6 Å². The van der Waals surface area contributed by atoms with Gasteiger partial charge in [0.05, 0.1) is 22.5 Å². The van der Waals surface area contributed by atoms with Crippen LogP contribution in [-0.4, -0.2) is 11.8 Å². The Kier molecular flexibility index (Phi) is 5.11. The summed E-state index contributed by atoms with van der Waals surface area (Å²) in [7, 11) is 0. The molecule has 1 heterocycles. The molecule has 0 saturated carbocycles. The first kappa shape index (κ1) is 17.1. The highest BCUT2D eigenvalue weighted by Crippen LogP contribution is 2.22. The van der Waals surface area contributed by atoms with Crippen LogP contribution in [0.3, 0.4) is 0 Å². The van der Waals surface area contributed by atoms with Gasteiger partial charge in [-0.15, -0.1) is 0 Å². The van der Waals surface area contributed by atoms with Crippen molar-refractivity contribution >= 4 is 46.1 Å². The molecule has 0 saturated heterocycles. The van der Waals surface area contributed by atoms with Crippen LogP contribution < -0.4 is 10.6 Å². The Balaban J connectivity index is 1.82. The molecular formula is C18H12ClFN2O2S. The summed E-state index contributed by atoms with van der Waals surface area (Å²) >= 11 is 7.10. The molecule has 1 aromatic heterocycles. The quantitative estimate of drug-likeness (QED) is 0.671. The maximum Gasteiger partial charge on any atom is 0.257 e. The number of hydrogen-bond acceptors (Lipinski definition) is 3. The van der Waals surface area contributed by atoms with Gasteiger partial charge in [0.2, 0.25) is 0 Å². The number of para-hydroxylation sites is 1. The maximum atomic E-state index is 13.9. The lowest BCUT2D eigenvalue weighted by atomic mass is 10.1. The molecule has 7 heteroatoms. The van der Waals surface area contributed by atoms with Gasteiger partial charge in [-0.3, -0.25) is 9.59 Å². The minimum absolute atomic E-state index is 0.00774. The van der Waals surface area contributed by atoms with Gasteiger partial charge < -0.3 is 10.6 Å². The zero-order valence-electron chi connectivity index (χ0n) is 12.8. The molecule has 0 fully saturated rings. The third-order valence-electron chi connectivity index (χ3n) is 3.38. The molecule has 0 aliphatic carbocycles. The maximum absolute atomic E-state index is 13.9. The van der Waals surface area contributed by atoms with Crippen LogP contribution in [0.1, 0.15) is 20.7 Å². The van der Waals surface area contributed by atoms with Gasteiger partial charge in [-0.2, -0.15) is 11.3 Å². The number of carbonyl (C=O) groups is 2. The molecule has 2 aromatic carbocycles. The molecule has 0 unspecified atom stereocenters. The first-order valence-electron chi connectivity index (χ1n) is 7.23. The first-order valence-corrected chi connectivity index (χ1v) is 8.55. The highest BCUT2D eigenvalue weighted by Gasteiger charge is 2.15. The number of amides is 2. The Bertz CT molecular complexity index is 929. The zero-order chi connectivity index (χ0) is 17.8. The Labute approximate surface area is 152 Å². The lowest BCUT2D eigenvalue weighted by molar-refractivity contribution is 0.102. The monoisotopic (exact) mass is 374 g/mol. The van der Waals surface area contributed by atoms with Crippen LogP contribution >= 0.6 is 22.9 Å². The Morgan fingerprint density at radius 3 is 2.44 bits per heavy atom. The normalized spacial score (nSPS) is 10.3. The van der Waals surface area contributed by atoms with Crippen molar-refractivity contribution < 1.29 is 14.0 Å². The molecule has 0 aliphatic rings. The molecule has 0 bridgehead atoms. The van der Waals surface area contributed by atoms with E-state index in [1.54, 1.807) is 41.1 Å². The predicted molar refractivity (Wildman–Crippen MR) is 98.1 cm³/mol. The minimum Gasteiger partial charge on any atom is -0.321 e. The highest BCUT2D eigenvalue weighted by atomic mass is 35.5. The Hall–Kier alpha value is -2.70. The van der Waals surface area contributed by atoms with Crippen molar-refractivity contribution in [2.45, 2.75) is 0 Å². The van der Waals surface area contributed by atoms with E-state index in [1.807, 2.05) is 0 Å². The van der Waals surface area contributed by atoms with E-state index in [4.69, 9.17) is 11.6 Å². The van der Waals surface area contributed by atoms with Crippen LogP contribution in [0, 0.1) is 5.82 Å². The van der Waals surface area contributed by atoms with E-state index in [2.05, 4.69) is 10.6 Å². The third kappa shape index (κ3) is 4.04. The summed E-state index contributed by atoms with van der Waals surface area (Å²) in [6, 6.07) is 12.2. The fourth-order valence-corrected chi connectivity index (χ4v) is 2.95. The SMILES string of the molecule is O=C(Nc1ccccc1C(=O)Nc1ccc(Cl)cc1F)c1ccsc1. The van der Waals surface area contributed by atoms with Crippen molar-refractivity contribution in [3.8, 4) is 0 Å². The summed E-state index contributed by atoms with van der Waals surface area (Å²) in [5, 5.41) is 8.91. The smallest absolute Gasteiger partial charge is 0.257 e. The second kappa shape index (κ2) is 7.46. The summed E-state index contributed by atoms with van der Waals surface area (Å²) in [4.78, 5) is 24.7. The fraction of sp³-hybridized carbons (Fsp3) is 0. The average molecular weight is 375 g/mol. The van der Waals surface area contributed by atoms with Crippen LogP contribution in [0.5, 0.6) is 0 Å². The number of nitrogens with one attached hydrogen (secondary N) is 2. The van der Waals surface area contributed by atoms with Crippen LogP contribution in [0.25, 0.3) is 0 Å². The zero-order valence-corrected chi connectivity index (χ0v) is 14.3. The number of hydrogen-bond donors (Lipinski definition) is 2. The molecule has 25 heavy (non-hydrogen) atoms. The van der Waals surface area contributed by atoms with E-state index in [9.17, 15) is 14.0 Å². The average Bonchev–Trinajstić information content (AvgIpc) is 3.12. The molecule has 126 valence electrons. The third-order valence-corrected chi connectivity index (χ3v) is 4.30. The number of carbonyl (C=O) groups excluding carboxylic acids is 2. The van der Waals surface area contributed by atoms with E-state index in [0.717, 1.165) is 6.07 Å². The summed E-state index contributed by atoms with van der Waals surface area (Å²) in [5.74, 6) is -1.50. The van der Waals surface area contributed by atoms with Gasteiger partial charge in [0.25, 0.3) is 11.8 Å². The molecule has 3 rings (SSSR count). The van der Waals surface area contributed by atoms with Crippen LogP contribution in [-0.2, 0) is 0 Å². The van der Waals surface area contributed by atoms with Gasteiger partial charge in [0.1, 0.15) is 5.82 Å². The van der Waals surface area contributed by atoms with E-state index < -0.39 is 11.7 Å². The minimum atomic E-state index is -0.638. The van der Waals surface area contributed by atoms with E-state index in [1.165, 1.54) is 23.5 Å². The van der Waals surface area contributed by atoms with Crippen molar-refractivity contribution in [3.63, 3.8) is 0 Å². The van der Waals surface area contributed by atoms with Crippen LogP contribution in [0.15, 0.2) is 59.3 Å². The fourth-order valence-electron chi connectivity index (χ4n) is 2.16. The van der Waals surface area contributed by atoms with Gasteiger partial charge in [0.15, 0.2) is 0 Å². The Morgan fingerprint density at radius 2 is 1.72 bits per heavy atom. The predicted octanol–water partition coefficient (Wildman–Crippen LogP) is 5.05. The van der Waals surface area contributed by atoms with Gasteiger partial charge in [0, 0.05) is 10.4 Å². The highest BCUT2D eigenvalue weighted by molar-refractivity contribution is 7.08. The lowest BCUT2D eigenvalue weighted by Crippen LogP contribution is -2.18. The number of benzene rings is 2. The van der Waals surface area contributed by atoms with Crippen LogP contribution in [0.2, 0.25) is 5.02 Å². The molecular weight excluding hydrogens is 363 g/mol. The molecule has 4 nitrogen and oxygen atoms in total. The lowest BCUT2D eigenvalue weighted by Gasteiger charge is -2.11. The molecule has 0 radical (unpaired) electrons. The molecule has 0 spiro atoms. The van der Waals surface area contributed by atoms with E-state index >= 15 is 0 Å². The Morgan fingerprint density at radius 1 is 0.960 bits per heavy atom. The second-order valence-corrected chi connectivity index (χ2v) is 6.31.